The zero-order valence-electron chi connectivity index (χ0n) is 18.8. The minimum absolute atomic E-state index is 0.430. The van der Waals surface area contributed by atoms with Crippen molar-refractivity contribution < 1.29 is 5.11 Å². The van der Waals surface area contributed by atoms with Gasteiger partial charge in [0.05, 0.1) is 0 Å². The van der Waals surface area contributed by atoms with Crippen LogP contribution in [-0.4, -0.2) is 5.11 Å². The normalized spacial score (nSPS) is 11.7. The van der Waals surface area contributed by atoms with Crippen LogP contribution in [0.1, 0.15) is 23.6 Å². The number of hydrogen-bond acceptors (Lipinski definition) is 1. The van der Waals surface area contributed by atoms with Crippen LogP contribution < -0.4 is 0 Å². The van der Waals surface area contributed by atoms with Crippen LogP contribution in [0, 0.1) is 0 Å². The predicted octanol–water partition coefficient (Wildman–Crippen LogP) is 8.30. The quantitative estimate of drug-likeness (QED) is 0.275. The number of rotatable bonds is 5. The molecule has 6 aromatic rings. The van der Waals surface area contributed by atoms with Gasteiger partial charge in [-0.2, -0.15) is 0 Å². The lowest BCUT2D eigenvalue weighted by Gasteiger charge is -2.17. The molecular formula is C32H26O. The van der Waals surface area contributed by atoms with Crippen LogP contribution in [0.4, 0.5) is 0 Å². The van der Waals surface area contributed by atoms with Crippen LogP contribution in [0.25, 0.3) is 43.4 Å². The third-order valence-electron chi connectivity index (χ3n) is 7.07. The van der Waals surface area contributed by atoms with Gasteiger partial charge in [0, 0.05) is 16.3 Å². The molecule has 0 heterocycles. The second-order valence-corrected chi connectivity index (χ2v) is 8.95. The van der Waals surface area contributed by atoms with Gasteiger partial charge in [-0.25, -0.2) is 0 Å². The number of aromatic hydroxyl groups is 1. The first-order valence-corrected chi connectivity index (χ1v) is 11.8. The summed E-state index contributed by atoms with van der Waals surface area (Å²) >= 11 is 0. The first kappa shape index (κ1) is 19.8. The Morgan fingerprint density at radius 2 is 1.09 bits per heavy atom. The van der Waals surface area contributed by atoms with Gasteiger partial charge in [0.25, 0.3) is 0 Å². The second kappa shape index (κ2) is 7.94. The summed E-state index contributed by atoms with van der Waals surface area (Å²) in [7, 11) is 0. The third kappa shape index (κ3) is 3.32. The van der Waals surface area contributed by atoms with Gasteiger partial charge in [-0.3, -0.25) is 0 Å². The monoisotopic (exact) mass is 426 g/mol. The summed E-state index contributed by atoms with van der Waals surface area (Å²) < 4.78 is 0. The maximum Gasteiger partial charge on any atom is 0.127 e. The van der Waals surface area contributed by atoms with Crippen molar-refractivity contribution in [1.29, 1.82) is 0 Å². The van der Waals surface area contributed by atoms with E-state index in [2.05, 4.69) is 91.9 Å². The topological polar surface area (TPSA) is 20.2 Å². The lowest BCUT2D eigenvalue weighted by atomic mass is 9.88. The molecule has 1 nitrogen and oxygen atoms in total. The number of phenols is 1. The van der Waals surface area contributed by atoms with Gasteiger partial charge in [-0.15, -0.1) is 0 Å². The van der Waals surface area contributed by atoms with E-state index in [1.54, 1.807) is 0 Å². The Morgan fingerprint density at radius 1 is 0.545 bits per heavy atom. The summed E-state index contributed by atoms with van der Waals surface area (Å²) in [5.41, 5.74) is 6.19. The standard InChI is InChI=1S/C32H26O/c1-2-21-9-14-23(15-10-21)24-16-11-22(12-17-24)13-20-28-27-7-3-5-25-18-19-26-6-4-8-29(32(28)33)31(26)30(25)27/h3-12,14-19,33H,2,13,20H2,1H3. The zero-order chi connectivity index (χ0) is 22.4. The average Bonchev–Trinajstić information content (AvgIpc) is 2.88. The molecule has 0 aliphatic heterocycles. The molecule has 0 atom stereocenters. The molecule has 0 aliphatic rings. The van der Waals surface area contributed by atoms with Gasteiger partial charge in [0.2, 0.25) is 0 Å². The lowest BCUT2D eigenvalue weighted by Crippen LogP contribution is -1.96. The molecule has 0 saturated heterocycles. The Kier molecular flexibility index (Phi) is 4.77. The molecule has 160 valence electrons. The molecule has 0 unspecified atom stereocenters. The molecule has 0 bridgehead atoms. The van der Waals surface area contributed by atoms with E-state index in [9.17, 15) is 5.11 Å². The van der Waals surface area contributed by atoms with Gasteiger partial charge in [0.1, 0.15) is 5.75 Å². The van der Waals surface area contributed by atoms with E-state index in [1.807, 2.05) is 12.1 Å². The van der Waals surface area contributed by atoms with Crippen molar-refractivity contribution in [3.05, 3.63) is 114 Å². The number of benzene rings is 6. The lowest BCUT2D eigenvalue weighted by molar-refractivity contribution is 0.475. The molecule has 0 spiro atoms. The van der Waals surface area contributed by atoms with Crippen LogP contribution in [0.2, 0.25) is 0 Å². The summed E-state index contributed by atoms with van der Waals surface area (Å²) in [5, 5.41) is 18.3. The van der Waals surface area contributed by atoms with Gasteiger partial charge in [-0.05, 0) is 63.1 Å². The Labute approximate surface area is 194 Å². The van der Waals surface area contributed by atoms with Gasteiger partial charge >= 0.3 is 0 Å². The summed E-state index contributed by atoms with van der Waals surface area (Å²) in [6.07, 6.45) is 2.76. The highest BCUT2D eigenvalue weighted by molar-refractivity contribution is 6.25. The highest BCUT2D eigenvalue weighted by Crippen LogP contribution is 2.42. The van der Waals surface area contributed by atoms with Gasteiger partial charge in [-0.1, -0.05) is 104 Å². The van der Waals surface area contributed by atoms with Crippen molar-refractivity contribution in [1.82, 2.24) is 0 Å². The van der Waals surface area contributed by atoms with Crippen molar-refractivity contribution in [2.24, 2.45) is 0 Å². The molecule has 0 amide bonds. The van der Waals surface area contributed by atoms with Crippen LogP contribution in [0.3, 0.4) is 0 Å². The van der Waals surface area contributed by atoms with Crippen LogP contribution in [0.15, 0.2) is 97.1 Å². The van der Waals surface area contributed by atoms with Crippen molar-refractivity contribution >= 4 is 32.3 Å². The molecule has 0 aromatic heterocycles. The minimum Gasteiger partial charge on any atom is -0.507 e. The summed E-state index contributed by atoms with van der Waals surface area (Å²) in [6, 6.07) is 34.7. The SMILES string of the molecule is CCc1ccc(-c2ccc(CCc3c(O)c4cccc5ccc6cccc3c6c54)cc2)cc1. The Hall–Kier alpha value is -3.84. The number of hydrogen-bond donors (Lipinski definition) is 1. The predicted molar refractivity (Wildman–Crippen MR) is 140 cm³/mol. The third-order valence-corrected chi connectivity index (χ3v) is 7.07. The van der Waals surface area contributed by atoms with Gasteiger partial charge < -0.3 is 5.11 Å². The Bertz CT molecular complexity index is 1570. The van der Waals surface area contributed by atoms with Crippen molar-refractivity contribution in [2.75, 3.05) is 0 Å². The molecule has 0 fully saturated rings. The molecule has 6 aromatic carbocycles. The van der Waals surface area contributed by atoms with E-state index < -0.39 is 0 Å². The number of aryl methyl sites for hydroxylation is 3. The Balaban J connectivity index is 1.35. The maximum atomic E-state index is 11.3. The van der Waals surface area contributed by atoms with E-state index in [0.29, 0.717) is 5.75 Å². The molecule has 1 heteroatoms. The molecule has 0 radical (unpaired) electrons. The fourth-order valence-corrected chi connectivity index (χ4v) is 5.21. The van der Waals surface area contributed by atoms with Crippen molar-refractivity contribution in [2.45, 2.75) is 26.2 Å². The van der Waals surface area contributed by atoms with E-state index >= 15 is 0 Å². The Morgan fingerprint density at radius 3 is 1.70 bits per heavy atom. The minimum atomic E-state index is 0.430. The molecular weight excluding hydrogens is 400 g/mol. The highest BCUT2D eigenvalue weighted by Gasteiger charge is 2.16. The molecule has 0 aliphatic carbocycles. The fraction of sp³-hybridized carbons (Fsp3) is 0.125. The summed E-state index contributed by atoms with van der Waals surface area (Å²) in [5.74, 6) is 0.430. The maximum absolute atomic E-state index is 11.3. The largest absolute Gasteiger partial charge is 0.507 e. The highest BCUT2D eigenvalue weighted by atomic mass is 16.3. The molecule has 0 saturated carbocycles. The van der Waals surface area contributed by atoms with Crippen molar-refractivity contribution in [3.8, 4) is 16.9 Å². The molecule has 1 N–H and O–H groups in total. The van der Waals surface area contributed by atoms with Crippen LogP contribution >= 0.6 is 0 Å². The van der Waals surface area contributed by atoms with Crippen LogP contribution in [0.5, 0.6) is 5.75 Å². The second-order valence-electron chi connectivity index (χ2n) is 8.95. The van der Waals surface area contributed by atoms with Crippen molar-refractivity contribution in [3.63, 3.8) is 0 Å². The number of phenolic OH excluding ortho intramolecular Hbond substituents is 1. The molecule has 6 rings (SSSR count). The summed E-state index contributed by atoms with van der Waals surface area (Å²) in [6.45, 7) is 2.18. The van der Waals surface area contributed by atoms with Crippen LogP contribution in [-0.2, 0) is 19.3 Å². The first-order chi connectivity index (χ1) is 16.2. The van der Waals surface area contributed by atoms with E-state index in [4.69, 9.17) is 0 Å². The first-order valence-electron chi connectivity index (χ1n) is 11.8. The van der Waals surface area contributed by atoms with E-state index in [1.165, 1.54) is 49.2 Å². The zero-order valence-corrected chi connectivity index (χ0v) is 18.8. The fourth-order valence-electron chi connectivity index (χ4n) is 5.21. The summed E-state index contributed by atoms with van der Waals surface area (Å²) in [4.78, 5) is 0. The van der Waals surface area contributed by atoms with E-state index in [0.717, 1.165) is 30.2 Å². The molecule has 33 heavy (non-hydrogen) atoms. The van der Waals surface area contributed by atoms with E-state index in [-0.39, 0.29) is 0 Å². The smallest absolute Gasteiger partial charge is 0.127 e. The average molecular weight is 427 g/mol. The van der Waals surface area contributed by atoms with Gasteiger partial charge in [0.15, 0.2) is 0 Å².